The molecule has 9 heteroatoms. The summed E-state index contributed by atoms with van der Waals surface area (Å²) < 4.78 is 14.6. The van der Waals surface area contributed by atoms with Crippen molar-refractivity contribution in [1.29, 1.82) is 0 Å². The molecule has 3 aromatic rings. The molecule has 0 saturated heterocycles. The lowest BCUT2D eigenvalue weighted by atomic mass is 9.94. The zero-order chi connectivity index (χ0) is 23.0. The topological polar surface area (TPSA) is 75.3 Å². The summed E-state index contributed by atoms with van der Waals surface area (Å²) >= 11 is 9.16. The fourth-order valence-corrected chi connectivity index (χ4v) is 5.47. The number of carbonyl (C=O) groups excluding carboxylic acids is 2. The molecule has 0 spiro atoms. The van der Waals surface area contributed by atoms with Crippen LogP contribution in [0.5, 0.6) is 0 Å². The van der Waals surface area contributed by atoms with Gasteiger partial charge in [0, 0.05) is 50.3 Å². The third kappa shape index (κ3) is 3.81. The van der Waals surface area contributed by atoms with Crippen LogP contribution < -0.4 is 0 Å². The summed E-state index contributed by atoms with van der Waals surface area (Å²) in [6, 6.07) is 3.76. The normalized spacial score (nSPS) is 13.3. The van der Waals surface area contributed by atoms with E-state index in [1.54, 1.807) is 0 Å². The van der Waals surface area contributed by atoms with E-state index in [0.717, 1.165) is 63.5 Å². The molecule has 0 atom stereocenters. The van der Waals surface area contributed by atoms with E-state index >= 15 is 0 Å². The Kier molecular flexibility index (Phi) is 6.80. The fourth-order valence-electron chi connectivity index (χ4n) is 4.68. The van der Waals surface area contributed by atoms with Crippen LogP contribution in [0.3, 0.4) is 0 Å². The van der Waals surface area contributed by atoms with E-state index in [1.165, 1.54) is 19.9 Å². The molecule has 1 aliphatic heterocycles. The molecule has 0 radical (unpaired) electrons. The van der Waals surface area contributed by atoms with Crippen molar-refractivity contribution < 1.29 is 19.1 Å². The SMILES string of the molecule is COC(=O)CCn1c(C(=O)OC)c(C)c2c(-c3c(CI)nn4c3CCCC4)c(Cl)ccc21. The van der Waals surface area contributed by atoms with Crippen molar-refractivity contribution in [2.45, 2.75) is 50.1 Å². The van der Waals surface area contributed by atoms with Gasteiger partial charge in [0.1, 0.15) is 5.69 Å². The average molecular weight is 570 g/mol. The molecule has 0 amide bonds. The van der Waals surface area contributed by atoms with Gasteiger partial charge in [0.2, 0.25) is 0 Å². The van der Waals surface area contributed by atoms with Crippen molar-refractivity contribution >= 4 is 57.0 Å². The minimum Gasteiger partial charge on any atom is -0.469 e. The van der Waals surface area contributed by atoms with Gasteiger partial charge >= 0.3 is 11.9 Å². The molecular formula is C23H25ClIN3O4. The molecule has 0 unspecified atom stereocenters. The van der Waals surface area contributed by atoms with Crippen LogP contribution in [0.1, 0.15) is 46.7 Å². The molecule has 0 N–H and O–H groups in total. The Morgan fingerprint density at radius 2 is 1.97 bits per heavy atom. The first-order chi connectivity index (χ1) is 15.4. The quantitative estimate of drug-likeness (QED) is 0.235. The number of rotatable bonds is 6. The molecule has 1 aromatic carbocycles. The van der Waals surface area contributed by atoms with Gasteiger partial charge in [-0.05, 0) is 43.9 Å². The van der Waals surface area contributed by atoms with Crippen LogP contribution in [0.2, 0.25) is 5.02 Å². The Morgan fingerprint density at radius 3 is 2.66 bits per heavy atom. The predicted molar refractivity (Wildman–Crippen MR) is 132 cm³/mol. The second-order valence-corrected chi connectivity index (χ2v) is 9.01. The zero-order valence-corrected chi connectivity index (χ0v) is 21.2. The summed E-state index contributed by atoms with van der Waals surface area (Å²) in [7, 11) is 2.72. The van der Waals surface area contributed by atoms with Crippen molar-refractivity contribution in [1.82, 2.24) is 14.3 Å². The van der Waals surface area contributed by atoms with E-state index in [4.69, 9.17) is 26.2 Å². The Balaban J connectivity index is 2.03. The molecule has 7 nitrogen and oxygen atoms in total. The van der Waals surface area contributed by atoms with Crippen molar-refractivity contribution in [3.05, 3.63) is 39.8 Å². The molecular weight excluding hydrogens is 545 g/mol. The van der Waals surface area contributed by atoms with Gasteiger partial charge in [0.15, 0.2) is 0 Å². The molecule has 0 fully saturated rings. The zero-order valence-electron chi connectivity index (χ0n) is 18.3. The third-order valence-corrected chi connectivity index (χ3v) is 7.15. The standard InChI is InChI=1S/C23H25ClIN3O4/c1-13-19-16(27(11-9-18(29)31-2)22(13)23(30)32-3)8-7-14(24)20(19)21-15(12-25)26-28-10-5-4-6-17(21)28/h7-8H,4-6,9-12H2,1-3H3. The van der Waals surface area contributed by atoms with Crippen molar-refractivity contribution in [3.8, 4) is 11.1 Å². The first kappa shape index (κ1) is 23.1. The van der Waals surface area contributed by atoms with E-state index in [2.05, 4.69) is 27.3 Å². The van der Waals surface area contributed by atoms with Crippen LogP contribution in [-0.2, 0) is 38.2 Å². The Labute approximate surface area is 205 Å². The van der Waals surface area contributed by atoms with Gasteiger partial charge in [0.25, 0.3) is 0 Å². The summed E-state index contributed by atoms with van der Waals surface area (Å²) in [6.45, 7) is 3.11. The molecule has 4 rings (SSSR count). The lowest BCUT2D eigenvalue weighted by Crippen LogP contribution is -2.14. The number of aromatic nitrogens is 3. The highest BCUT2D eigenvalue weighted by atomic mass is 127. The molecule has 0 bridgehead atoms. The van der Waals surface area contributed by atoms with Gasteiger partial charge in [-0.2, -0.15) is 5.10 Å². The van der Waals surface area contributed by atoms with Crippen LogP contribution in [-0.4, -0.2) is 40.5 Å². The monoisotopic (exact) mass is 569 g/mol. The van der Waals surface area contributed by atoms with Gasteiger partial charge < -0.3 is 14.0 Å². The molecule has 1 aliphatic rings. The molecule has 2 aromatic heterocycles. The lowest BCUT2D eigenvalue weighted by molar-refractivity contribution is -0.140. The summed E-state index contributed by atoms with van der Waals surface area (Å²) in [4.78, 5) is 24.6. The summed E-state index contributed by atoms with van der Waals surface area (Å²) in [5.41, 5.74) is 6.20. The molecule has 0 saturated carbocycles. The minimum absolute atomic E-state index is 0.143. The van der Waals surface area contributed by atoms with E-state index in [0.29, 0.717) is 17.3 Å². The number of nitrogens with zero attached hydrogens (tertiary/aromatic N) is 3. The average Bonchev–Trinajstić information content (AvgIpc) is 3.32. The number of hydrogen-bond donors (Lipinski definition) is 0. The second kappa shape index (κ2) is 9.43. The number of esters is 2. The fraction of sp³-hybridized carbons (Fsp3) is 0.435. The highest BCUT2D eigenvalue weighted by molar-refractivity contribution is 14.1. The number of aryl methyl sites for hydroxylation is 3. The molecule has 170 valence electrons. The van der Waals surface area contributed by atoms with Crippen molar-refractivity contribution in [2.75, 3.05) is 14.2 Å². The van der Waals surface area contributed by atoms with Crippen molar-refractivity contribution in [2.24, 2.45) is 0 Å². The van der Waals surface area contributed by atoms with E-state index in [9.17, 15) is 9.59 Å². The van der Waals surface area contributed by atoms with Gasteiger partial charge in [-0.15, -0.1) is 0 Å². The Bertz CT molecular complexity index is 1210. The van der Waals surface area contributed by atoms with Crippen LogP contribution in [0.25, 0.3) is 22.0 Å². The molecule has 3 heterocycles. The first-order valence-corrected chi connectivity index (χ1v) is 12.4. The van der Waals surface area contributed by atoms with E-state index in [-0.39, 0.29) is 12.4 Å². The number of ether oxygens (including phenoxy) is 2. The van der Waals surface area contributed by atoms with Crippen LogP contribution in [0.4, 0.5) is 0 Å². The Morgan fingerprint density at radius 1 is 1.19 bits per heavy atom. The summed E-state index contributed by atoms with van der Waals surface area (Å²) in [6.07, 6.45) is 3.31. The smallest absolute Gasteiger partial charge is 0.354 e. The number of hydrogen-bond acceptors (Lipinski definition) is 5. The number of methoxy groups -OCH3 is 2. The highest BCUT2D eigenvalue weighted by Crippen LogP contribution is 2.44. The van der Waals surface area contributed by atoms with Crippen LogP contribution in [0, 0.1) is 6.92 Å². The summed E-state index contributed by atoms with van der Waals surface area (Å²) in [5.74, 6) is -0.788. The minimum atomic E-state index is -0.447. The van der Waals surface area contributed by atoms with E-state index in [1.807, 2.05) is 23.6 Å². The van der Waals surface area contributed by atoms with Gasteiger partial charge in [-0.3, -0.25) is 9.48 Å². The van der Waals surface area contributed by atoms with Crippen molar-refractivity contribution in [3.63, 3.8) is 0 Å². The first-order valence-electron chi connectivity index (χ1n) is 10.5. The maximum absolute atomic E-state index is 12.8. The van der Waals surface area contributed by atoms with E-state index < -0.39 is 5.97 Å². The third-order valence-electron chi connectivity index (χ3n) is 6.11. The predicted octanol–water partition coefficient (Wildman–Crippen LogP) is 5.09. The van der Waals surface area contributed by atoms with Gasteiger partial charge in [0.05, 0.1) is 26.3 Å². The number of benzene rings is 1. The number of carbonyl (C=O) groups is 2. The van der Waals surface area contributed by atoms with Crippen LogP contribution in [0.15, 0.2) is 12.1 Å². The maximum Gasteiger partial charge on any atom is 0.354 e. The van der Waals surface area contributed by atoms with Gasteiger partial charge in [-0.1, -0.05) is 34.2 Å². The second-order valence-electron chi connectivity index (χ2n) is 7.84. The summed E-state index contributed by atoms with van der Waals surface area (Å²) in [5, 5.41) is 6.38. The molecule has 32 heavy (non-hydrogen) atoms. The van der Waals surface area contributed by atoms with Gasteiger partial charge in [-0.25, -0.2) is 4.79 Å². The number of halogens is 2. The highest BCUT2D eigenvalue weighted by Gasteiger charge is 2.29. The van der Waals surface area contributed by atoms with Crippen LogP contribution >= 0.6 is 34.2 Å². The Hall–Kier alpha value is -2.07. The molecule has 0 aliphatic carbocycles. The largest absolute Gasteiger partial charge is 0.469 e. The maximum atomic E-state index is 12.8. The number of alkyl halides is 1. The number of fused-ring (bicyclic) bond motifs is 2. The lowest BCUT2D eigenvalue weighted by Gasteiger charge is -2.16.